The van der Waals surface area contributed by atoms with Crippen molar-refractivity contribution in [2.75, 3.05) is 6.54 Å². The lowest BCUT2D eigenvalue weighted by Crippen LogP contribution is -2.37. The monoisotopic (exact) mass is 420 g/mol. The fourth-order valence-corrected chi connectivity index (χ4v) is 4.33. The van der Waals surface area contributed by atoms with Crippen molar-refractivity contribution in [3.8, 4) is 11.3 Å². The Labute approximate surface area is 182 Å². The Morgan fingerprint density at radius 1 is 1.13 bits per heavy atom. The van der Waals surface area contributed by atoms with Gasteiger partial charge in [-0.05, 0) is 62.3 Å². The number of aromatic amines is 1. The smallest absolute Gasteiger partial charge is 0.223 e. The minimum atomic E-state index is -0.302. The summed E-state index contributed by atoms with van der Waals surface area (Å²) in [7, 11) is 0. The summed E-state index contributed by atoms with van der Waals surface area (Å²) < 4.78 is 13.6. The van der Waals surface area contributed by atoms with E-state index in [1.54, 1.807) is 12.3 Å². The van der Waals surface area contributed by atoms with Crippen LogP contribution in [0.5, 0.6) is 0 Å². The molecule has 0 spiro atoms. The molecule has 1 aliphatic carbocycles. The number of hydrogen-bond donors (Lipinski definition) is 3. The highest BCUT2D eigenvalue weighted by atomic mass is 19.1. The molecule has 1 amide bonds. The molecule has 0 aliphatic heterocycles. The molecule has 1 fully saturated rings. The van der Waals surface area contributed by atoms with Gasteiger partial charge in [0.15, 0.2) is 0 Å². The summed E-state index contributed by atoms with van der Waals surface area (Å²) >= 11 is 0. The number of carbonyl (C=O) groups excluding carboxylic acids is 1. The van der Waals surface area contributed by atoms with Crippen molar-refractivity contribution < 1.29 is 9.18 Å². The zero-order valence-corrected chi connectivity index (χ0v) is 17.6. The van der Waals surface area contributed by atoms with Crippen molar-refractivity contribution >= 4 is 5.91 Å². The molecule has 0 radical (unpaired) electrons. The van der Waals surface area contributed by atoms with Gasteiger partial charge < -0.3 is 16.0 Å². The van der Waals surface area contributed by atoms with Crippen LogP contribution in [-0.2, 0) is 11.2 Å². The first-order valence-electron chi connectivity index (χ1n) is 11.0. The van der Waals surface area contributed by atoms with Crippen LogP contribution >= 0.6 is 0 Å². The summed E-state index contributed by atoms with van der Waals surface area (Å²) in [4.78, 5) is 20.9. The molecular weight excluding hydrogens is 391 g/mol. The fraction of sp³-hybridized carbons (Fsp3) is 0.360. The van der Waals surface area contributed by atoms with Gasteiger partial charge in [-0.3, -0.25) is 4.79 Å². The standard InChI is InChI=1S/C25H29FN4O/c26-21-8-4-7-20(14-21)23-16-28-24(29-23)22(13-17-5-2-1-3-6-17)30-25(31)19-11-9-18(15-27)10-12-19/h1-8,14,16,18-19,22H,9-13,15,27H2,(H,28,29)(H,30,31). The lowest BCUT2D eigenvalue weighted by Gasteiger charge is -2.28. The van der Waals surface area contributed by atoms with Crippen LogP contribution < -0.4 is 11.1 Å². The van der Waals surface area contributed by atoms with Gasteiger partial charge in [-0.1, -0.05) is 42.5 Å². The maximum absolute atomic E-state index is 13.6. The van der Waals surface area contributed by atoms with Gasteiger partial charge in [0.2, 0.25) is 5.91 Å². The van der Waals surface area contributed by atoms with Crippen LogP contribution in [0, 0.1) is 17.7 Å². The highest BCUT2D eigenvalue weighted by Gasteiger charge is 2.28. The average Bonchev–Trinajstić information content (AvgIpc) is 3.30. The van der Waals surface area contributed by atoms with Crippen molar-refractivity contribution in [3.05, 3.63) is 78.0 Å². The molecule has 1 saturated carbocycles. The van der Waals surface area contributed by atoms with Crippen LogP contribution in [0.15, 0.2) is 60.8 Å². The summed E-state index contributed by atoms with van der Waals surface area (Å²) in [5, 5.41) is 3.22. The number of H-pyrrole nitrogens is 1. The molecule has 4 rings (SSSR count). The second-order valence-electron chi connectivity index (χ2n) is 8.39. The topological polar surface area (TPSA) is 83.8 Å². The highest BCUT2D eigenvalue weighted by Crippen LogP contribution is 2.29. The molecule has 0 saturated heterocycles. The van der Waals surface area contributed by atoms with Crippen LogP contribution in [0.25, 0.3) is 11.3 Å². The van der Waals surface area contributed by atoms with Crippen molar-refractivity contribution in [2.45, 2.75) is 38.1 Å². The molecule has 6 heteroatoms. The first kappa shape index (κ1) is 21.2. The zero-order valence-electron chi connectivity index (χ0n) is 17.6. The Morgan fingerprint density at radius 3 is 2.61 bits per heavy atom. The third kappa shape index (κ3) is 5.39. The molecule has 1 aromatic heterocycles. The van der Waals surface area contributed by atoms with Gasteiger partial charge >= 0.3 is 0 Å². The number of nitrogens with two attached hydrogens (primary N) is 1. The Hall–Kier alpha value is -2.99. The molecule has 1 unspecified atom stereocenters. The van der Waals surface area contributed by atoms with Crippen molar-refractivity contribution in [1.82, 2.24) is 15.3 Å². The maximum Gasteiger partial charge on any atom is 0.223 e. The van der Waals surface area contributed by atoms with Crippen molar-refractivity contribution in [1.29, 1.82) is 0 Å². The lowest BCUT2D eigenvalue weighted by atomic mass is 9.81. The number of nitrogens with zero attached hydrogens (tertiary/aromatic N) is 1. The lowest BCUT2D eigenvalue weighted by molar-refractivity contribution is -0.127. The number of imidazole rings is 1. The molecule has 4 N–H and O–H groups in total. The predicted octanol–water partition coefficient (Wildman–Crippen LogP) is 4.38. The molecule has 5 nitrogen and oxygen atoms in total. The van der Waals surface area contributed by atoms with Crippen LogP contribution in [0.3, 0.4) is 0 Å². The minimum Gasteiger partial charge on any atom is -0.346 e. The number of carbonyl (C=O) groups is 1. The molecule has 31 heavy (non-hydrogen) atoms. The molecule has 1 heterocycles. The van der Waals surface area contributed by atoms with E-state index in [9.17, 15) is 9.18 Å². The molecule has 0 bridgehead atoms. The number of halogens is 1. The zero-order chi connectivity index (χ0) is 21.6. The second kappa shape index (κ2) is 9.88. The Bertz CT molecular complexity index is 996. The van der Waals surface area contributed by atoms with E-state index in [0.717, 1.165) is 31.2 Å². The van der Waals surface area contributed by atoms with E-state index in [4.69, 9.17) is 5.73 Å². The molecule has 1 aliphatic rings. The van der Waals surface area contributed by atoms with Gasteiger partial charge in [0, 0.05) is 17.7 Å². The Kier molecular flexibility index (Phi) is 6.77. The molecule has 3 aromatic rings. The van der Waals surface area contributed by atoms with E-state index in [0.29, 0.717) is 36.0 Å². The predicted molar refractivity (Wildman–Crippen MR) is 120 cm³/mol. The van der Waals surface area contributed by atoms with Crippen molar-refractivity contribution in [2.24, 2.45) is 17.6 Å². The third-order valence-electron chi connectivity index (χ3n) is 6.20. The number of aromatic nitrogens is 2. The summed E-state index contributed by atoms with van der Waals surface area (Å²) in [5.41, 5.74) is 8.26. The number of benzene rings is 2. The quantitative estimate of drug-likeness (QED) is 0.530. The first-order valence-corrected chi connectivity index (χ1v) is 11.0. The van der Waals surface area contributed by atoms with E-state index in [-0.39, 0.29) is 23.7 Å². The minimum absolute atomic E-state index is 0.0127. The third-order valence-corrected chi connectivity index (χ3v) is 6.20. The second-order valence-corrected chi connectivity index (χ2v) is 8.39. The normalized spacial score (nSPS) is 19.7. The van der Waals surface area contributed by atoms with Crippen molar-refractivity contribution in [3.63, 3.8) is 0 Å². The van der Waals surface area contributed by atoms with Gasteiger partial charge in [-0.2, -0.15) is 0 Å². The van der Waals surface area contributed by atoms with E-state index < -0.39 is 0 Å². The molecule has 162 valence electrons. The Balaban J connectivity index is 1.53. The van der Waals surface area contributed by atoms with Crippen LogP contribution in [0.4, 0.5) is 4.39 Å². The summed E-state index contributed by atoms with van der Waals surface area (Å²) in [6.45, 7) is 0.695. The van der Waals surface area contributed by atoms with Gasteiger partial charge in [0.1, 0.15) is 11.6 Å². The van der Waals surface area contributed by atoms with Crippen LogP contribution in [0.2, 0.25) is 0 Å². The maximum atomic E-state index is 13.6. The largest absolute Gasteiger partial charge is 0.346 e. The van der Waals surface area contributed by atoms with Crippen LogP contribution in [0.1, 0.15) is 43.1 Å². The van der Waals surface area contributed by atoms with Gasteiger partial charge in [-0.15, -0.1) is 0 Å². The highest BCUT2D eigenvalue weighted by molar-refractivity contribution is 5.79. The fourth-order valence-electron chi connectivity index (χ4n) is 4.33. The van der Waals surface area contributed by atoms with E-state index >= 15 is 0 Å². The average molecular weight is 421 g/mol. The van der Waals surface area contributed by atoms with Gasteiger partial charge in [-0.25, -0.2) is 9.37 Å². The first-order chi connectivity index (χ1) is 15.1. The number of rotatable bonds is 7. The van der Waals surface area contributed by atoms with Crippen LogP contribution in [-0.4, -0.2) is 22.4 Å². The summed E-state index contributed by atoms with van der Waals surface area (Å²) in [6, 6.07) is 16.1. The summed E-state index contributed by atoms with van der Waals surface area (Å²) in [6.07, 6.45) is 6.14. The summed E-state index contributed by atoms with van der Waals surface area (Å²) in [5.74, 6) is 0.985. The van der Waals surface area contributed by atoms with E-state index in [1.807, 2.05) is 36.4 Å². The SMILES string of the molecule is NCC1CCC(C(=O)NC(Cc2ccccc2)c2nc(-c3cccc(F)c3)c[nH]2)CC1. The molecule has 2 aromatic carbocycles. The molecule has 1 atom stereocenters. The van der Waals surface area contributed by atoms with E-state index in [1.165, 1.54) is 12.1 Å². The number of hydrogen-bond acceptors (Lipinski definition) is 3. The molecular formula is C25H29FN4O. The number of nitrogens with one attached hydrogen (secondary N) is 2. The van der Waals surface area contributed by atoms with Gasteiger partial charge in [0.25, 0.3) is 0 Å². The number of amides is 1. The Morgan fingerprint density at radius 2 is 1.90 bits per heavy atom. The van der Waals surface area contributed by atoms with E-state index in [2.05, 4.69) is 15.3 Å². The van der Waals surface area contributed by atoms with Gasteiger partial charge in [0.05, 0.1) is 11.7 Å².